The van der Waals surface area contributed by atoms with E-state index in [4.69, 9.17) is 4.42 Å². The summed E-state index contributed by atoms with van der Waals surface area (Å²) in [5.41, 5.74) is 0. The molecule has 1 aliphatic rings. The molecule has 5 nitrogen and oxygen atoms in total. The van der Waals surface area contributed by atoms with Gasteiger partial charge in [0.05, 0.1) is 25.8 Å². The summed E-state index contributed by atoms with van der Waals surface area (Å²) < 4.78 is 10.2. The molecule has 116 valence electrons. The van der Waals surface area contributed by atoms with Gasteiger partial charge >= 0.3 is 5.97 Å². The lowest BCUT2D eigenvalue weighted by atomic mass is 10.0. The molecule has 2 atom stereocenters. The van der Waals surface area contributed by atoms with E-state index in [9.17, 15) is 9.59 Å². The summed E-state index contributed by atoms with van der Waals surface area (Å²) in [7, 11) is 1.34. The summed E-state index contributed by atoms with van der Waals surface area (Å²) in [6.45, 7) is 2.50. The molecule has 0 saturated carbocycles. The molecular formula is C16H23NO4. The molecule has 0 N–H and O–H groups in total. The second kappa shape index (κ2) is 7.29. The van der Waals surface area contributed by atoms with Gasteiger partial charge in [-0.15, -0.1) is 0 Å². The third-order valence-corrected chi connectivity index (χ3v) is 4.03. The minimum atomic E-state index is -0.368. The highest BCUT2D eigenvalue weighted by Crippen LogP contribution is 2.31. The first-order chi connectivity index (χ1) is 10.1. The molecule has 1 aromatic rings. The fourth-order valence-electron chi connectivity index (χ4n) is 2.85. The zero-order chi connectivity index (χ0) is 15.2. The van der Waals surface area contributed by atoms with Crippen LogP contribution in [0.5, 0.6) is 0 Å². The van der Waals surface area contributed by atoms with E-state index < -0.39 is 0 Å². The predicted molar refractivity (Wildman–Crippen MR) is 77.4 cm³/mol. The lowest BCUT2D eigenvalue weighted by molar-refractivity contribution is -0.147. The average molecular weight is 293 g/mol. The molecule has 0 unspecified atom stereocenters. The molecule has 0 radical (unpaired) electrons. The zero-order valence-corrected chi connectivity index (χ0v) is 12.7. The Morgan fingerprint density at radius 1 is 1.43 bits per heavy atom. The van der Waals surface area contributed by atoms with Gasteiger partial charge in [-0.2, -0.15) is 0 Å². The largest absolute Gasteiger partial charge is 0.469 e. The first-order valence-corrected chi connectivity index (χ1v) is 7.54. The Kier molecular flexibility index (Phi) is 5.42. The number of nitrogens with zero attached hydrogens (tertiary/aromatic N) is 1. The average Bonchev–Trinajstić information content (AvgIpc) is 2.90. The summed E-state index contributed by atoms with van der Waals surface area (Å²) >= 11 is 0. The van der Waals surface area contributed by atoms with E-state index in [0.717, 1.165) is 38.0 Å². The number of esters is 1. The molecule has 2 heterocycles. The van der Waals surface area contributed by atoms with Gasteiger partial charge < -0.3 is 14.1 Å². The second-order valence-electron chi connectivity index (χ2n) is 5.59. The van der Waals surface area contributed by atoms with E-state index in [1.165, 1.54) is 7.11 Å². The number of hydrogen-bond acceptors (Lipinski definition) is 4. The van der Waals surface area contributed by atoms with E-state index in [2.05, 4.69) is 4.74 Å². The fraction of sp³-hybridized carbons (Fsp3) is 0.625. The van der Waals surface area contributed by atoms with Crippen LogP contribution in [0, 0.1) is 5.92 Å². The molecule has 5 heteroatoms. The van der Waals surface area contributed by atoms with Crippen molar-refractivity contribution in [1.82, 2.24) is 4.90 Å². The monoisotopic (exact) mass is 293 g/mol. The highest BCUT2D eigenvalue weighted by Gasteiger charge is 2.31. The summed E-state index contributed by atoms with van der Waals surface area (Å²) in [4.78, 5) is 25.9. The Bertz CT molecular complexity index is 469. The highest BCUT2D eigenvalue weighted by molar-refractivity contribution is 5.83. The molecule has 0 spiro atoms. The Morgan fingerprint density at radius 2 is 2.24 bits per heavy atom. The zero-order valence-electron chi connectivity index (χ0n) is 12.7. The molecular weight excluding hydrogens is 270 g/mol. The van der Waals surface area contributed by atoms with Gasteiger partial charge in [-0.3, -0.25) is 9.59 Å². The molecule has 21 heavy (non-hydrogen) atoms. The van der Waals surface area contributed by atoms with Crippen LogP contribution in [0.25, 0.3) is 0 Å². The number of ether oxygens (including phenoxy) is 1. The maximum Gasteiger partial charge on any atom is 0.306 e. The third-order valence-electron chi connectivity index (χ3n) is 4.03. The molecule has 1 aliphatic heterocycles. The summed E-state index contributed by atoms with van der Waals surface area (Å²) in [5.74, 6) is 0.118. The standard InChI is InChI=1S/C16H23NO4/c1-12(11-15(18)20-2)16(19)17-9-5-3-4-7-13(17)14-8-6-10-21-14/h6,8,10,12-13H,3-5,7,9,11H2,1-2H3/t12-,13+/m1/s1. The van der Waals surface area contributed by atoms with Crippen molar-refractivity contribution < 1.29 is 18.7 Å². The molecule has 0 aliphatic carbocycles. The second-order valence-corrected chi connectivity index (χ2v) is 5.59. The van der Waals surface area contributed by atoms with E-state index in [1.807, 2.05) is 17.0 Å². The molecule has 1 fully saturated rings. The molecule has 0 aromatic carbocycles. The van der Waals surface area contributed by atoms with Crippen molar-refractivity contribution >= 4 is 11.9 Å². The first kappa shape index (κ1) is 15.6. The van der Waals surface area contributed by atoms with Gasteiger partial charge in [0.15, 0.2) is 0 Å². The smallest absolute Gasteiger partial charge is 0.306 e. The predicted octanol–water partition coefficient (Wildman–Crippen LogP) is 2.92. The first-order valence-electron chi connectivity index (χ1n) is 7.54. The van der Waals surface area contributed by atoms with Crippen molar-refractivity contribution in [1.29, 1.82) is 0 Å². The third kappa shape index (κ3) is 3.86. The van der Waals surface area contributed by atoms with E-state index >= 15 is 0 Å². The van der Waals surface area contributed by atoms with Crippen LogP contribution >= 0.6 is 0 Å². The van der Waals surface area contributed by atoms with Gasteiger partial charge in [0.1, 0.15) is 5.76 Å². The quantitative estimate of drug-likeness (QED) is 0.801. The number of hydrogen-bond donors (Lipinski definition) is 0. The van der Waals surface area contributed by atoms with E-state index in [1.54, 1.807) is 13.2 Å². The van der Waals surface area contributed by atoms with Crippen molar-refractivity contribution in [3.05, 3.63) is 24.2 Å². The van der Waals surface area contributed by atoms with E-state index in [0.29, 0.717) is 0 Å². The molecule has 1 saturated heterocycles. The lowest BCUT2D eigenvalue weighted by Crippen LogP contribution is -2.38. The number of carbonyl (C=O) groups excluding carboxylic acids is 2. The van der Waals surface area contributed by atoms with Gasteiger partial charge in [-0.25, -0.2) is 0 Å². The van der Waals surface area contributed by atoms with E-state index in [-0.39, 0.29) is 30.3 Å². The number of likely N-dealkylation sites (tertiary alicyclic amines) is 1. The fourth-order valence-corrected chi connectivity index (χ4v) is 2.85. The number of rotatable bonds is 4. The van der Waals surface area contributed by atoms with Crippen LogP contribution in [0.2, 0.25) is 0 Å². The van der Waals surface area contributed by atoms with Gasteiger partial charge in [0.2, 0.25) is 5.91 Å². The van der Waals surface area contributed by atoms with Gasteiger partial charge in [0.25, 0.3) is 0 Å². The summed E-state index contributed by atoms with van der Waals surface area (Å²) in [6, 6.07) is 3.75. The Labute approximate surface area is 125 Å². The van der Waals surface area contributed by atoms with Crippen LogP contribution in [0.3, 0.4) is 0 Å². The van der Waals surface area contributed by atoms with Gasteiger partial charge in [0, 0.05) is 12.5 Å². The maximum atomic E-state index is 12.7. The van der Waals surface area contributed by atoms with Crippen molar-refractivity contribution in [2.45, 2.75) is 45.1 Å². The van der Waals surface area contributed by atoms with Gasteiger partial charge in [-0.05, 0) is 25.0 Å². The van der Waals surface area contributed by atoms with Crippen LogP contribution in [-0.2, 0) is 14.3 Å². The molecule has 1 aromatic heterocycles. The Hall–Kier alpha value is -1.78. The molecule has 2 rings (SSSR count). The van der Waals surface area contributed by atoms with Crippen molar-refractivity contribution in [3.8, 4) is 0 Å². The summed E-state index contributed by atoms with van der Waals surface area (Å²) in [6.07, 6.45) is 5.86. The number of furan rings is 1. The normalized spacial score (nSPS) is 20.7. The summed E-state index contributed by atoms with van der Waals surface area (Å²) in [5, 5.41) is 0. The minimum Gasteiger partial charge on any atom is -0.469 e. The van der Waals surface area contributed by atoms with Crippen LogP contribution in [-0.4, -0.2) is 30.4 Å². The highest BCUT2D eigenvalue weighted by atomic mass is 16.5. The molecule has 1 amide bonds. The number of carbonyl (C=O) groups is 2. The molecule has 0 bridgehead atoms. The SMILES string of the molecule is COC(=O)C[C@@H](C)C(=O)N1CCCCC[C@H]1c1ccco1. The minimum absolute atomic E-state index is 0.00343. The Balaban J connectivity index is 2.12. The van der Waals surface area contributed by atoms with Crippen LogP contribution < -0.4 is 0 Å². The van der Waals surface area contributed by atoms with Crippen LogP contribution in [0.4, 0.5) is 0 Å². The topological polar surface area (TPSA) is 59.8 Å². The van der Waals surface area contributed by atoms with Crippen molar-refractivity contribution in [2.24, 2.45) is 5.92 Å². The van der Waals surface area contributed by atoms with Gasteiger partial charge in [-0.1, -0.05) is 19.8 Å². The van der Waals surface area contributed by atoms with Crippen molar-refractivity contribution in [3.63, 3.8) is 0 Å². The van der Waals surface area contributed by atoms with Crippen LogP contribution in [0.15, 0.2) is 22.8 Å². The maximum absolute atomic E-state index is 12.7. The Morgan fingerprint density at radius 3 is 2.90 bits per heavy atom. The van der Waals surface area contributed by atoms with Crippen molar-refractivity contribution in [2.75, 3.05) is 13.7 Å². The lowest BCUT2D eigenvalue weighted by Gasteiger charge is -2.30. The van der Waals surface area contributed by atoms with Crippen LogP contribution in [0.1, 0.15) is 50.8 Å². The number of methoxy groups -OCH3 is 1. The number of amides is 1.